The van der Waals surface area contributed by atoms with Crippen LogP contribution in [0.4, 0.5) is 20.9 Å². The maximum atomic E-state index is 13.8. The first-order chi connectivity index (χ1) is 14.5. The first-order valence-corrected chi connectivity index (χ1v) is 10.6. The van der Waals surface area contributed by atoms with Crippen LogP contribution in [0.25, 0.3) is 11.0 Å². The van der Waals surface area contributed by atoms with E-state index < -0.39 is 5.63 Å². The predicted octanol–water partition coefficient (Wildman–Crippen LogP) is 4.78. The molecule has 0 aliphatic rings. The number of carbonyl (C=O) groups is 1. The molecular weight excluding hydrogens is 427 g/mol. The van der Waals surface area contributed by atoms with Crippen molar-refractivity contribution in [1.29, 1.82) is 0 Å². The Morgan fingerprint density at radius 3 is 2.83 bits per heavy atom. The summed E-state index contributed by atoms with van der Waals surface area (Å²) in [6, 6.07) is 12.9. The monoisotopic (exact) mass is 442 g/mol. The van der Waals surface area contributed by atoms with E-state index >= 15 is 0 Å². The van der Waals surface area contributed by atoms with E-state index in [4.69, 9.17) is 4.42 Å². The number of thioether (sulfide) groups is 1. The number of nitrogens with one attached hydrogen (secondary N) is 2. The van der Waals surface area contributed by atoms with E-state index in [9.17, 15) is 14.0 Å². The fraction of sp³-hybridized carbons (Fsp3) is 0.100. The maximum absolute atomic E-state index is 13.8. The first-order valence-electron chi connectivity index (χ1n) is 8.80. The molecular formula is C20H15FN4O3S2. The van der Waals surface area contributed by atoms with Gasteiger partial charge in [0.15, 0.2) is 4.34 Å². The van der Waals surface area contributed by atoms with E-state index in [-0.39, 0.29) is 11.7 Å². The number of hydrogen-bond acceptors (Lipinski definition) is 8. The summed E-state index contributed by atoms with van der Waals surface area (Å²) in [5, 5.41) is 15.0. The van der Waals surface area contributed by atoms with Crippen molar-refractivity contribution in [2.24, 2.45) is 0 Å². The largest absolute Gasteiger partial charge is 0.423 e. The van der Waals surface area contributed by atoms with E-state index in [2.05, 4.69) is 20.8 Å². The van der Waals surface area contributed by atoms with E-state index in [1.165, 1.54) is 42.2 Å². The molecule has 0 atom stereocenters. The number of benzene rings is 2. The number of fused-ring (bicyclic) bond motifs is 1. The van der Waals surface area contributed by atoms with E-state index in [1.54, 1.807) is 36.4 Å². The number of halogens is 1. The minimum Gasteiger partial charge on any atom is -0.423 e. The SMILES string of the molecule is CC(=O)Nc1ccc2c(CSc3nnc(Nc4ccccc4F)s3)cc(=O)oc2c1. The quantitative estimate of drug-likeness (QED) is 0.328. The molecule has 0 radical (unpaired) electrons. The molecule has 2 aromatic heterocycles. The third-order valence-corrected chi connectivity index (χ3v) is 6.04. The Labute approximate surface area is 178 Å². The fourth-order valence-electron chi connectivity index (χ4n) is 2.77. The molecule has 0 bridgehead atoms. The molecule has 0 fully saturated rings. The highest BCUT2D eigenvalue weighted by molar-refractivity contribution is 8.00. The highest BCUT2D eigenvalue weighted by Gasteiger charge is 2.11. The normalized spacial score (nSPS) is 10.9. The molecule has 4 aromatic rings. The Kier molecular flexibility index (Phi) is 5.77. The molecule has 2 heterocycles. The van der Waals surface area contributed by atoms with Gasteiger partial charge in [-0.25, -0.2) is 9.18 Å². The Morgan fingerprint density at radius 2 is 2.03 bits per heavy atom. The summed E-state index contributed by atoms with van der Waals surface area (Å²) in [5.74, 6) is -0.113. The highest BCUT2D eigenvalue weighted by atomic mass is 32.2. The van der Waals surface area contributed by atoms with Crippen LogP contribution in [-0.4, -0.2) is 16.1 Å². The lowest BCUT2D eigenvalue weighted by Gasteiger charge is -2.07. The smallest absolute Gasteiger partial charge is 0.336 e. The second-order valence-electron chi connectivity index (χ2n) is 6.25. The summed E-state index contributed by atoms with van der Waals surface area (Å²) >= 11 is 2.70. The summed E-state index contributed by atoms with van der Waals surface area (Å²) < 4.78 is 19.7. The van der Waals surface area contributed by atoms with Gasteiger partial charge in [0.1, 0.15) is 11.4 Å². The molecule has 2 N–H and O–H groups in total. The zero-order valence-electron chi connectivity index (χ0n) is 15.6. The van der Waals surface area contributed by atoms with Gasteiger partial charge in [0, 0.05) is 35.9 Å². The molecule has 1 amide bonds. The third-order valence-electron chi connectivity index (χ3n) is 4.02. The Balaban J connectivity index is 1.51. The summed E-state index contributed by atoms with van der Waals surface area (Å²) in [6.07, 6.45) is 0. The van der Waals surface area contributed by atoms with Crippen molar-refractivity contribution in [1.82, 2.24) is 10.2 Å². The fourth-order valence-corrected chi connectivity index (χ4v) is 4.52. The zero-order valence-corrected chi connectivity index (χ0v) is 17.3. The lowest BCUT2D eigenvalue weighted by Crippen LogP contribution is -2.06. The minimum absolute atomic E-state index is 0.209. The highest BCUT2D eigenvalue weighted by Crippen LogP contribution is 2.32. The van der Waals surface area contributed by atoms with Crippen molar-refractivity contribution < 1.29 is 13.6 Å². The third kappa shape index (κ3) is 4.66. The summed E-state index contributed by atoms with van der Waals surface area (Å²) in [6.45, 7) is 1.41. The van der Waals surface area contributed by atoms with E-state index in [0.717, 1.165) is 10.9 Å². The summed E-state index contributed by atoms with van der Waals surface area (Å²) in [4.78, 5) is 23.2. The number of carbonyl (C=O) groups excluding carboxylic acids is 1. The summed E-state index contributed by atoms with van der Waals surface area (Å²) in [5.41, 5.74) is 1.57. The molecule has 152 valence electrons. The molecule has 0 spiro atoms. The van der Waals surface area contributed by atoms with Gasteiger partial charge < -0.3 is 15.1 Å². The van der Waals surface area contributed by atoms with Crippen LogP contribution < -0.4 is 16.3 Å². The predicted molar refractivity (Wildman–Crippen MR) is 116 cm³/mol. The van der Waals surface area contributed by atoms with Crippen molar-refractivity contribution in [3.05, 3.63) is 70.3 Å². The molecule has 7 nitrogen and oxygen atoms in total. The molecule has 0 aliphatic heterocycles. The Hall–Kier alpha value is -3.24. The average Bonchev–Trinajstić information content (AvgIpc) is 3.14. The van der Waals surface area contributed by atoms with Gasteiger partial charge in [-0.2, -0.15) is 0 Å². The standard InChI is InChI=1S/C20H15FN4O3S2/c1-11(26)22-13-6-7-14-12(8-18(27)28-17(14)9-13)10-29-20-25-24-19(30-20)23-16-5-3-2-4-15(16)21/h2-9H,10H2,1H3,(H,22,26)(H,23,24). The average molecular weight is 442 g/mol. The first kappa shape index (κ1) is 20.0. The molecule has 0 saturated carbocycles. The van der Waals surface area contributed by atoms with Gasteiger partial charge in [-0.1, -0.05) is 35.2 Å². The van der Waals surface area contributed by atoms with Crippen molar-refractivity contribution >= 4 is 56.5 Å². The van der Waals surface area contributed by atoms with Crippen LogP contribution >= 0.6 is 23.1 Å². The van der Waals surface area contributed by atoms with Gasteiger partial charge in [-0.3, -0.25) is 4.79 Å². The molecule has 2 aromatic carbocycles. The lowest BCUT2D eigenvalue weighted by molar-refractivity contribution is -0.114. The van der Waals surface area contributed by atoms with Crippen LogP contribution in [0, 0.1) is 5.82 Å². The molecule has 0 saturated heterocycles. The van der Waals surface area contributed by atoms with Gasteiger partial charge in [0.05, 0.1) is 5.69 Å². The Bertz CT molecular complexity index is 1290. The van der Waals surface area contributed by atoms with Crippen LogP contribution in [0.15, 0.2) is 62.1 Å². The number of anilines is 3. The number of amides is 1. The van der Waals surface area contributed by atoms with Gasteiger partial charge >= 0.3 is 5.63 Å². The van der Waals surface area contributed by atoms with Crippen LogP contribution in [0.5, 0.6) is 0 Å². The molecule has 4 rings (SSSR count). The van der Waals surface area contributed by atoms with Gasteiger partial charge in [0.25, 0.3) is 0 Å². The Morgan fingerprint density at radius 1 is 1.20 bits per heavy atom. The molecule has 30 heavy (non-hydrogen) atoms. The number of aromatic nitrogens is 2. The van der Waals surface area contributed by atoms with Crippen LogP contribution in [-0.2, 0) is 10.5 Å². The minimum atomic E-state index is -0.475. The van der Waals surface area contributed by atoms with E-state index in [0.29, 0.717) is 32.2 Å². The topological polar surface area (TPSA) is 97.1 Å². The van der Waals surface area contributed by atoms with Crippen molar-refractivity contribution in [3.8, 4) is 0 Å². The molecule has 0 unspecified atom stereocenters. The molecule has 0 aliphatic carbocycles. The maximum Gasteiger partial charge on any atom is 0.336 e. The summed E-state index contributed by atoms with van der Waals surface area (Å²) in [7, 11) is 0. The van der Waals surface area contributed by atoms with E-state index in [1.807, 2.05) is 0 Å². The van der Waals surface area contributed by atoms with Gasteiger partial charge in [-0.15, -0.1) is 10.2 Å². The van der Waals surface area contributed by atoms with Gasteiger partial charge in [0.2, 0.25) is 11.0 Å². The van der Waals surface area contributed by atoms with Crippen LogP contribution in [0.2, 0.25) is 0 Å². The van der Waals surface area contributed by atoms with Crippen LogP contribution in [0.1, 0.15) is 12.5 Å². The van der Waals surface area contributed by atoms with Crippen LogP contribution in [0.3, 0.4) is 0 Å². The second-order valence-corrected chi connectivity index (χ2v) is 8.45. The number of nitrogens with zero attached hydrogens (tertiary/aromatic N) is 2. The second kappa shape index (κ2) is 8.64. The lowest BCUT2D eigenvalue weighted by atomic mass is 10.1. The number of hydrogen-bond donors (Lipinski definition) is 2. The zero-order chi connectivity index (χ0) is 21.1. The molecule has 10 heteroatoms. The van der Waals surface area contributed by atoms with Gasteiger partial charge in [-0.05, 0) is 29.8 Å². The number of para-hydroxylation sites is 1. The van der Waals surface area contributed by atoms with Crippen molar-refractivity contribution in [2.45, 2.75) is 17.0 Å². The van der Waals surface area contributed by atoms with Crippen molar-refractivity contribution in [3.63, 3.8) is 0 Å². The van der Waals surface area contributed by atoms with Crippen molar-refractivity contribution in [2.75, 3.05) is 10.6 Å². The number of rotatable bonds is 6.